The summed E-state index contributed by atoms with van der Waals surface area (Å²) in [6.07, 6.45) is 8.97. The zero-order chi connectivity index (χ0) is 31.4. The zero-order valence-corrected chi connectivity index (χ0v) is 25.4. The van der Waals surface area contributed by atoms with Gasteiger partial charge in [0.1, 0.15) is 12.3 Å². The molecular weight excluding hydrogens is 586 g/mol. The van der Waals surface area contributed by atoms with Crippen molar-refractivity contribution in [3.8, 4) is 5.75 Å². The number of anilines is 1. The van der Waals surface area contributed by atoms with Crippen molar-refractivity contribution in [3.05, 3.63) is 87.4 Å². The van der Waals surface area contributed by atoms with Gasteiger partial charge in [0.05, 0.1) is 13.2 Å². The Morgan fingerprint density at radius 3 is 2.59 bits per heavy atom. The third kappa shape index (κ3) is 4.97. The maximum Gasteiger partial charge on any atom is 0.279 e. The van der Waals surface area contributed by atoms with E-state index in [-0.39, 0.29) is 35.4 Å². The second-order valence-corrected chi connectivity index (χ2v) is 12.8. The lowest BCUT2D eigenvalue weighted by Gasteiger charge is -2.39. The molecule has 1 saturated carbocycles. The van der Waals surface area contributed by atoms with Crippen LogP contribution in [-0.2, 0) is 27.9 Å². The molecule has 0 bridgehead atoms. The van der Waals surface area contributed by atoms with Gasteiger partial charge in [-0.15, -0.1) is 5.10 Å². The summed E-state index contributed by atoms with van der Waals surface area (Å²) in [6, 6.07) is 11.1. The number of hydrogen-bond donors (Lipinski definition) is 2. The van der Waals surface area contributed by atoms with E-state index in [1.807, 2.05) is 22.8 Å². The number of carbonyl (C=O) groups is 2. The fourth-order valence-electron chi connectivity index (χ4n) is 7.36. The first-order valence-corrected chi connectivity index (χ1v) is 16.0. The molecule has 2 N–H and O–H groups in total. The van der Waals surface area contributed by atoms with Crippen LogP contribution in [0.15, 0.2) is 53.5 Å². The van der Waals surface area contributed by atoms with Crippen molar-refractivity contribution in [1.82, 2.24) is 29.0 Å². The number of likely N-dealkylation sites (tertiary alicyclic amines) is 1. The fourth-order valence-corrected chi connectivity index (χ4v) is 7.36. The maximum absolute atomic E-state index is 14.3. The van der Waals surface area contributed by atoms with E-state index in [1.165, 1.54) is 35.2 Å². The van der Waals surface area contributed by atoms with Gasteiger partial charge in [0.15, 0.2) is 11.5 Å². The van der Waals surface area contributed by atoms with Gasteiger partial charge >= 0.3 is 0 Å². The van der Waals surface area contributed by atoms with Crippen molar-refractivity contribution < 1.29 is 19.4 Å². The van der Waals surface area contributed by atoms with E-state index in [9.17, 15) is 19.5 Å². The Morgan fingerprint density at radius 2 is 1.87 bits per heavy atom. The van der Waals surface area contributed by atoms with Crippen molar-refractivity contribution in [2.75, 3.05) is 31.6 Å². The Bertz CT molecular complexity index is 1950. The highest BCUT2D eigenvalue weighted by molar-refractivity contribution is 5.95. The molecule has 2 amide bonds. The minimum absolute atomic E-state index is 0.0174. The molecule has 4 aliphatic rings. The molecule has 2 aliphatic heterocycles. The van der Waals surface area contributed by atoms with Crippen molar-refractivity contribution in [3.63, 3.8) is 0 Å². The lowest BCUT2D eigenvalue weighted by molar-refractivity contribution is -0.116. The Hall–Kier alpha value is -4.84. The van der Waals surface area contributed by atoms with Crippen LogP contribution in [0.2, 0.25) is 0 Å². The summed E-state index contributed by atoms with van der Waals surface area (Å²) in [5.41, 5.74) is 3.75. The van der Waals surface area contributed by atoms with Crippen LogP contribution in [0.25, 0.3) is 11.4 Å². The Kier molecular flexibility index (Phi) is 6.97. The molecule has 8 rings (SSSR count). The first-order valence-electron chi connectivity index (χ1n) is 16.0. The van der Waals surface area contributed by atoms with Gasteiger partial charge in [-0.2, -0.15) is 9.50 Å². The number of hydrogen-bond acceptors (Lipinski definition) is 8. The summed E-state index contributed by atoms with van der Waals surface area (Å²) >= 11 is 0. The fraction of sp³-hybridized carbons (Fsp3) is 0.412. The number of aromatic hydroxyl groups is 1. The number of pyridine rings is 1. The van der Waals surface area contributed by atoms with Crippen LogP contribution >= 0.6 is 0 Å². The topological polar surface area (TPSA) is 144 Å². The molecule has 12 heteroatoms. The van der Waals surface area contributed by atoms with Crippen LogP contribution in [0.4, 0.5) is 5.69 Å². The average molecular weight is 622 g/mol. The number of amides is 2. The number of carbonyl (C=O) groups excluding carboxylic acids is 2. The monoisotopic (exact) mass is 621 g/mol. The first kappa shape index (κ1) is 28.6. The second kappa shape index (κ2) is 11.2. The van der Waals surface area contributed by atoms with Gasteiger partial charge in [0, 0.05) is 41.6 Å². The van der Waals surface area contributed by atoms with Crippen LogP contribution in [-0.4, -0.2) is 72.3 Å². The Balaban J connectivity index is 1.13. The minimum Gasteiger partial charge on any atom is -0.505 e. The standard InChI is InChI=1S/C34H35N7O5/c42-26-2-1-15-35-29(26)32(45)39-16-13-34(14-17-39)12-9-25-28(34)31(44)41-33(37-30(38-41)23-10-18-46-19-11-23)40(25)20-27(43)36-24-7-5-22(6-8-24)21-3-4-21/h1-2,5-8,10,15,21,42H,3-4,9,11-14,16-20H2,(H,36,43). The number of aromatic nitrogens is 5. The molecule has 12 nitrogen and oxygen atoms in total. The van der Waals surface area contributed by atoms with Crippen molar-refractivity contribution >= 4 is 28.9 Å². The minimum atomic E-state index is -0.468. The molecular formula is C34H35N7O5. The smallest absolute Gasteiger partial charge is 0.279 e. The molecule has 0 unspecified atom stereocenters. The number of piperidine rings is 1. The van der Waals surface area contributed by atoms with Crippen LogP contribution in [0.5, 0.6) is 5.75 Å². The highest BCUT2D eigenvalue weighted by Gasteiger charge is 2.46. The second-order valence-electron chi connectivity index (χ2n) is 12.8. The highest BCUT2D eigenvalue weighted by Crippen LogP contribution is 2.45. The van der Waals surface area contributed by atoms with Gasteiger partial charge in [0.2, 0.25) is 11.7 Å². The molecule has 3 aromatic heterocycles. The van der Waals surface area contributed by atoms with Gasteiger partial charge in [0.25, 0.3) is 11.5 Å². The largest absolute Gasteiger partial charge is 0.505 e. The summed E-state index contributed by atoms with van der Waals surface area (Å²) < 4.78 is 8.69. The van der Waals surface area contributed by atoms with E-state index >= 15 is 0 Å². The van der Waals surface area contributed by atoms with Crippen LogP contribution < -0.4 is 10.9 Å². The molecule has 2 fully saturated rings. The summed E-state index contributed by atoms with van der Waals surface area (Å²) in [5.74, 6) is 0.765. The maximum atomic E-state index is 14.3. The van der Waals surface area contributed by atoms with E-state index in [2.05, 4.69) is 27.5 Å². The molecule has 2 aliphatic carbocycles. The predicted molar refractivity (Wildman–Crippen MR) is 169 cm³/mol. The Morgan fingerprint density at radius 1 is 1.07 bits per heavy atom. The van der Waals surface area contributed by atoms with Crippen LogP contribution in [0.1, 0.15) is 77.6 Å². The van der Waals surface area contributed by atoms with E-state index in [0.717, 1.165) is 23.4 Å². The predicted octanol–water partition coefficient (Wildman–Crippen LogP) is 3.43. The molecule has 1 aromatic carbocycles. The number of rotatable bonds is 6. The van der Waals surface area contributed by atoms with Gasteiger partial charge < -0.3 is 24.6 Å². The lowest BCUT2D eigenvalue weighted by Crippen LogP contribution is -2.46. The first-order chi connectivity index (χ1) is 22.4. The molecule has 1 spiro atoms. The third-order valence-corrected chi connectivity index (χ3v) is 10.0. The van der Waals surface area contributed by atoms with Gasteiger partial charge in [-0.25, -0.2) is 4.98 Å². The molecule has 236 valence electrons. The summed E-state index contributed by atoms with van der Waals surface area (Å²) in [6.45, 7) is 1.83. The zero-order valence-electron chi connectivity index (χ0n) is 25.4. The van der Waals surface area contributed by atoms with Gasteiger partial charge in [-0.1, -0.05) is 18.2 Å². The molecule has 1 saturated heterocycles. The summed E-state index contributed by atoms with van der Waals surface area (Å²) in [4.78, 5) is 51.6. The molecule has 4 aromatic rings. The van der Waals surface area contributed by atoms with E-state index in [1.54, 1.807) is 11.0 Å². The number of ether oxygens (including phenoxy) is 1. The van der Waals surface area contributed by atoms with Crippen molar-refractivity contribution in [2.45, 2.75) is 62.8 Å². The molecule has 5 heterocycles. The van der Waals surface area contributed by atoms with E-state index < -0.39 is 5.41 Å². The number of nitrogens with zero attached hydrogens (tertiary/aromatic N) is 6. The SMILES string of the molecule is O=C(Cn1c2c(c(=O)n3nc(C4=CCOCC4)nc13)C1(CC2)CCN(C(=O)c2ncccc2O)CC1)Nc1ccc(C2CC2)cc1. The average Bonchev–Trinajstić information content (AvgIpc) is 3.73. The molecule has 0 atom stereocenters. The number of nitrogens with one attached hydrogen (secondary N) is 1. The third-order valence-electron chi connectivity index (χ3n) is 10.0. The van der Waals surface area contributed by atoms with Crippen LogP contribution in [0, 0.1) is 0 Å². The van der Waals surface area contributed by atoms with Gasteiger partial charge in [-0.3, -0.25) is 14.4 Å². The van der Waals surface area contributed by atoms with E-state index in [0.29, 0.717) is 75.1 Å². The number of fused-ring (bicyclic) bond motifs is 3. The van der Waals surface area contributed by atoms with Crippen molar-refractivity contribution in [2.24, 2.45) is 0 Å². The van der Waals surface area contributed by atoms with E-state index in [4.69, 9.17) is 9.72 Å². The normalized spacial score (nSPS) is 18.9. The van der Waals surface area contributed by atoms with Crippen molar-refractivity contribution in [1.29, 1.82) is 0 Å². The van der Waals surface area contributed by atoms with Gasteiger partial charge in [-0.05, 0) is 86.3 Å². The summed E-state index contributed by atoms with van der Waals surface area (Å²) in [7, 11) is 0. The lowest BCUT2D eigenvalue weighted by atomic mass is 9.74. The molecule has 46 heavy (non-hydrogen) atoms. The Labute approximate surface area is 264 Å². The molecule has 0 radical (unpaired) electrons. The van der Waals surface area contributed by atoms with Crippen LogP contribution in [0.3, 0.4) is 0 Å². The number of benzene rings is 1. The quantitative estimate of drug-likeness (QED) is 0.333. The summed E-state index contributed by atoms with van der Waals surface area (Å²) in [5, 5.41) is 17.9. The highest BCUT2D eigenvalue weighted by atomic mass is 16.5.